The number of carbonyl (C=O) groups excluding carboxylic acids is 1. The highest BCUT2D eigenvalue weighted by atomic mass is 35.5. The van der Waals surface area contributed by atoms with E-state index in [9.17, 15) is 4.79 Å². The van der Waals surface area contributed by atoms with Crippen LogP contribution in [0.1, 0.15) is 25.3 Å². The fourth-order valence-corrected chi connectivity index (χ4v) is 2.66. The lowest BCUT2D eigenvalue weighted by atomic mass is 10.1. The second-order valence-electron chi connectivity index (χ2n) is 5.45. The van der Waals surface area contributed by atoms with Crippen molar-refractivity contribution < 1.29 is 14.3 Å². The second kappa shape index (κ2) is 8.86. The fraction of sp³-hybridized carbons (Fsp3) is 0.562. The Morgan fingerprint density at radius 2 is 2.09 bits per heavy atom. The first-order valence-corrected chi connectivity index (χ1v) is 7.38. The minimum absolute atomic E-state index is 0. The van der Waals surface area contributed by atoms with E-state index in [1.807, 2.05) is 25.1 Å². The van der Waals surface area contributed by atoms with Gasteiger partial charge in [-0.3, -0.25) is 4.79 Å². The molecule has 1 aromatic carbocycles. The van der Waals surface area contributed by atoms with E-state index >= 15 is 0 Å². The first-order chi connectivity index (χ1) is 10.1. The Morgan fingerprint density at radius 3 is 2.68 bits per heavy atom. The molecular formula is C16H25ClN2O3. The first kappa shape index (κ1) is 18.6. The second-order valence-corrected chi connectivity index (χ2v) is 5.45. The summed E-state index contributed by atoms with van der Waals surface area (Å²) in [5.41, 5.74) is 1.11. The number of carbonyl (C=O) groups is 1. The van der Waals surface area contributed by atoms with Gasteiger partial charge in [0, 0.05) is 6.04 Å². The molecule has 5 nitrogen and oxygen atoms in total. The smallest absolute Gasteiger partial charge is 0.237 e. The van der Waals surface area contributed by atoms with Crippen LogP contribution in [0.2, 0.25) is 0 Å². The summed E-state index contributed by atoms with van der Waals surface area (Å²) in [4.78, 5) is 12.1. The van der Waals surface area contributed by atoms with Crippen LogP contribution in [0.25, 0.3) is 0 Å². The summed E-state index contributed by atoms with van der Waals surface area (Å²) in [6.45, 7) is 2.95. The molecule has 2 N–H and O–H groups in total. The molecule has 6 heteroatoms. The summed E-state index contributed by atoms with van der Waals surface area (Å²) in [5.74, 6) is 1.53. The molecular weight excluding hydrogens is 304 g/mol. The van der Waals surface area contributed by atoms with Gasteiger partial charge in [-0.2, -0.15) is 0 Å². The zero-order valence-corrected chi connectivity index (χ0v) is 14.2. The average Bonchev–Trinajstić information content (AvgIpc) is 3.01. The van der Waals surface area contributed by atoms with E-state index in [0.717, 1.165) is 31.4 Å². The van der Waals surface area contributed by atoms with E-state index in [-0.39, 0.29) is 30.4 Å². The first-order valence-electron chi connectivity index (χ1n) is 7.38. The van der Waals surface area contributed by atoms with Crippen LogP contribution < -0.4 is 20.1 Å². The Balaban J connectivity index is 0.00000242. The molecule has 0 spiro atoms. The largest absolute Gasteiger partial charge is 0.493 e. The van der Waals surface area contributed by atoms with Gasteiger partial charge in [-0.1, -0.05) is 6.07 Å². The Bertz CT molecular complexity index is 490. The zero-order valence-electron chi connectivity index (χ0n) is 13.3. The lowest BCUT2D eigenvalue weighted by Gasteiger charge is -2.18. The number of methoxy groups -OCH3 is 2. The number of hydrogen-bond acceptors (Lipinski definition) is 4. The van der Waals surface area contributed by atoms with Crippen molar-refractivity contribution in [3.05, 3.63) is 23.8 Å². The maximum absolute atomic E-state index is 12.1. The molecule has 1 heterocycles. The summed E-state index contributed by atoms with van der Waals surface area (Å²) >= 11 is 0. The van der Waals surface area contributed by atoms with Crippen molar-refractivity contribution in [2.24, 2.45) is 0 Å². The summed E-state index contributed by atoms with van der Waals surface area (Å²) in [7, 11) is 3.24. The normalized spacial score (nSPS) is 18.2. The topological polar surface area (TPSA) is 59.6 Å². The van der Waals surface area contributed by atoms with Gasteiger partial charge < -0.3 is 20.1 Å². The molecule has 1 fully saturated rings. The number of rotatable bonds is 6. The van der Waals surface area contributed by atoms with Gasteiger partial charge in [0.05, 0.1) is 20.3 Å². The van der Waals surface area contributed by atoms with Crippen LogP contribution in [-0.2, 0) is 11.2 Å². The maximum Gasteiger partial charge on any atom is 0.237 e. The number of halogens is 1. The monoisotopic (exact) mass is 328 g/mol. The van der Waals surface area contributed by atoms with Crippen LogP contribution in [0.3, 0.4) is 0 Å². The summed E-state index contributed by atoms with van der Waals surface area (Å²) in [5, 5.41) is 6.27. The Kier molecular flexibility index (Phi) is 7.48. The minimum Gasteiger partial charge on any atom is -0.493 e. The fourth-order valence-electron chi connectivity index (χ4n) is 2.66. The van der Waals surface area contributed by atoms with Crippen LogP contribution in [0.5, 0.6) is 11.5 Å². The molecule has 0 aromatic heterocycles. The third kappa shape index (κ3) is 4.78. The van der Waals surface area contributed by atoms with Crippen molar-refractivity contribution in [3.63, 3.8) is 0 Å². The Hall–Kier alpha value is -1.46. The van der Waals surface area contributed by atoms with Crippen LogP contribution in [0.15, 0.2) is 18.2 Å². The van der Waals surface area contributed by atoms with E-state index in [1.165, 1.54) is 0 Å². The van der Waals surface area contributed by atoms with E-state index in [1.54, 1.807) is 14.2 Å². The highest BCUT2D eigenvalue weighted by Gasteiger charge is 2.23. The van der Waals surface area contributed by atoms with E-state index in [2.05, 4.69) is 10.6 Å². The minimum atomic E-state index is -0.0298. The summed E-state index contributed by atoms with van der Waals surface area (Å²) in [6.07, 6.45) is 2.76. The predicted molar refractivity (Wildman–Crippen MR) is 89.1 cm³/mol. The summed E-state index contributed by atoms with van der Waals surface area (Å²) < 4.78 is 10.5. The van der Waals surface area contributed by atoms with Crippen molar-refractivity contribution in [1.82, 2.24) is 10.6 Å². The molecule has 2 rings (SSSR count). The van der Waals surface area contributed by atoms with Crippen molar-refractivity contribution >= 4 is 18.3 Å². The third-order valence-electron chi connectivity index (χ3n) is 3.76. The SMILES string of the molecule is COc1ccc(CC(C)NC(=O)C2CCCN2)cc1OC.Cl. The highest BCUT2D eigenvalue weighted by Crippen LogP contribution is 2.27. The average molecular weight is 329 g/mol. The van der Waals surface area contributed by atoms with Gasteiger partial charge in [0.15, 0.2) is 11.5 Å². The van der Waals surface area contributed by atoms with Crippen LogP contribution in [0.4, 0.5) is 0 Å². The quantitative estimate of drug-likeness (QED) is 0.837. The molecule has 124 valence electrons. The number of ether oxygens (including phenoxy) is 2. The zero-order chi connectivity index (χ0) is 15.2. The highest BCUT2D eigenvalue weighted by molar-refractivity contribution is 5.85. The molecule has 22 heavy (non-hydrogen) atoms. The number of benzene rings is 1. The Morgan fingerprint density at radius 1 is 1.36 bits per heavy atom. The van der Waals surface area contributed by atoms with Crippen molar-refractivity contribution in [3.8, 4) is 11.5 Å². The van der Waals surface area contributed by atoms with E-state index < -0.39 is 0 Å². The number of nitrogens with one attached hydrogen (secondary N) is 2. The molecule has 0 bridgehead atoms. The maximum atomic E-state index is 12.1. The van der Waals surface area contributed by atoms with Crippen LogP contribution in [0, 0.1) is 0 Å². The molecule has 0 saturated carbocycles. The molecule has 2 unspecified atom stereocenters. The predicted octanol–water partition coefficient (Wildman–Crippen LogP) is 1.92. The Labute approximate surface area is 138 Å². The van der Waals surface area contributed by atoms with Gasteiger partial charge in [0.25, 0.3) is 0 Å². The molecule has 1 saturated heterocycles. The van der Waals surface area contributed by atoms with Crippen molar-refractivity contribution in [2.45, 2.75) is 38.3 Å². The number of amides is 1. The molecule has 1 aliphatic heterocycles. The molecule has 0 aliphatic carbocycles. The van der Waals surface area contributed by atoms with Crippen molar-refractivity contribution in [1.29, 1.82) is 0 Å². The van der Waals surface area contributed by atoms with Crippen LogP contribution in [-0.4, -0.2) is 38.8 Å². The lowest BCUT2D eigenvalue weighted by molar-refractivity contribution is -0.123. The molecule has 0 radical (unpaired) electrons. The van der Waals surface area contributed by atoms with Gasteiger partial charge in [0.2, 0.25) is 5.91 Å². The van der Waals surface area contributed by atoms with Crippen molar-refractivity contribution in [2.75, 3.05) is 20.8 Å². The molecule has 1 aromatic rings. The molecule has 2 atom stereocenters. The summed E-state index contributed by atoms with van der Waals surface area (Å²) in [6, 6.07) is 5.89. The van der Waals surface area contributed by atoms with Gasteiger partial charge in [0.1, 0.15) is 0 Å². The van der Waals surface area contributed by atoms with Gasteiger partial charge in [-0.15, -0.1) is 12.4 Å². The molecule has 1 amide bonds. The number of hydrogen-bond donors (Lipinski definition) is 2. The van der Waals surface area contributed by atoms with Gasteiger partial charge >= 0.3 is 0 Å². The van der Waals surface area contributed by atoms with Gasteiger partial charge in [-0.05, 0) is 50.4 Å². The van der Waals surface area contributed by atoms with E-state index in [4.69, 9.17) is 9.47 Å². The molecule has 1 aliphatic rings. The lowest BCUT2D eigenvalue weighted by Crippen LogP contribution is -2.44. The van der Waals surface area contributed by atoms with Gasteiger partial charge in [-0.25, -0.2) is 0 Å². The third-order valence-corrected chi connectivity index (χ3v) is 3.76. The standard InChI is InChI=1S/C16H24N2O3.ClH/c1-11(18-16(19)13-5-4-8-17-13)9-12-6-7-14(20-2)15(10-12)21-3;/h6-7,10-11,13,17H,4-5,8-9H2,1-3H3,(H,18,19);1H. The van der Waals surface area contributed by atoms with E-state index in [0.29, 0.717) is 11.5 Å². The van der Waals surface area contributed by atoms with Crippen LogP contribution >= 0.6 is 12.4 Å².